The minimum absolute atomic E-state index is 0.877. The summed E-state index contributed by atoms with van der Waals surface area (Å²) in [5.41, 5.74) is 11.6. The predicted molar refractivity (Wildman–Crippen MR) is 145 cm³/mol. The summed E-state index contributed by atoms with van der Waals surface area (Å²) >= 11 is 0. The fourth-order valence-corrected chi connectivity index (χ4v) is 4.72. The van der Waals surface area contributed by atoms with E-state index in [0.717, 1.165) is 67.1 Å². The molecule has 0 radical (unpaired) electrons. The normalized spacial score (nSPS) is 12.2. The summed E-state index contributed by atoms with van der Waals surface area (Å²) in [6, 6.07) is 20.5. The molecule has 2 N–H and O–H groups in total. The van der Waals surface area contributed by atoms with Gasteiger partial charge in [0, 0.05) is 58.0 Å². The Morgan fingerprint density at radius 2 is 0.944 bits per heavy atom. The third-order valence-electron chi connectivity index (χ3n) is 6.34. The number of aromatic nitrogens is 6. The van der Waals surface area contributed by atoms with Crippen LogP contribution in [-0.2, 0) is 0 Å². The number of H-pyrrole nitrogens is 2. The number of pyridine rings is 2. The van der Waals surface area contributed by atoms with Crippen LogP contribution in [-0.4, -0.2) is 29.9 Å². The SMILES string of the molecule is C1=Cc2nc1cc1ccc([nH]1)c(-c1ccncc1)c1ccc(cc3nc(c2-c2ccncc2)C=C3)[nH]1. The topological polar surface area (TPSA) is 83.1 Å². The van der Waals surface area contributed by atoms with Crippen LogP contribution in [0.4, 0.5) is 0 Å². The second kappa shape index (κ2) is 8.29. The van der Waals surface area contributed by atoms with Gasteiger partial charge in [0.05, 0.1) is 22.8 Å². The Bertz CT molecular complexity index is 1730. The van der Waals surface area contributed by atoms with Gasteiger partial charge in [-0.2, -0.15) is 0 Å². The van der Waals surface area contributed by atoms with E-state index in [0.29, 0.717) is 0 Å². The number of hydrogen-bond acceptors (Lipinski definition) is 4. The summed E-state index contributed by atoms with van der Waals surface area (Å²) in [4.78, 5) is 25.4. The van der Waals surface area contributed by atoms with Crippen LogP contribution in [0.1, 0.15) is 22.8 Å². The number of rotatable bonds is 2. The van der Waals surface area contributed by atoms with E-state index < -0.39 is 0 Å². The van der Waals surface area contributed by atoms with Gasteiger partial charge in [-0.25, -0.2) is 9.97 Å². The van der Waals surface area contributed by atoms with Gasteiger partial charge in [-0.05, 0) is 96.1 Å². The second-order valence-electron chi connectivity index (χ2n) is 8.68. The number of hydrogen-bond donors (Lipinski definition) is 2. The average Bonchev–Trinajstić information content (AvgIpc) is 3.72. The van der Waals surface area contributed by atoms with Gasteiger partial charge in [0.25, 0.3) is 0 Å². The molecule has 7 heterocycles. The predicted octanol–water partition coefficient (Wildman–Crippen LogP) is 6.78. The molecule has 0 saturated heterocycles. The van der Waals surface area contributed by atoms with Crippen molar-refractivity contribution >= 4 is 46.4 Å². The molecular weight excluding hydrogens is 444 g/mol. The zero-order valence-corrected chi connectivity index (χ0v) is 19.2. The van der Waals surface area contributed by atoms with Crippen molar-refractivity contribution in [3.8, 4) is 22.3 Å². The van der Waals surface area contributed by atoms with Gasteiger partial charge >= 0.3 is 0 Å². The van der Waals surface area contributed by atoms with Crippen molar-refractivity contribution < 1.29 is 0 Å². The van der Waals surface area contributed by atoms with Gasteiger partial charge in [0.15, 0.2) is 0 Å². The molecule has 0 saturated carbocycles. The third kappa shape index (κ3) is 3.61. The van der Waals surface area contributed by atoms with Gasteiger partial charge in [-0.1, -0.05) is 0 Å². The first kappa shape index (κ1) is 20.3. The minimum atomic E-state index is 0.877. The summed E-state index contributed by atoms with van der Waals surface area (Å²) in [5.74, 6) is 0. The van der Waals surface area contributed by atoms with Crippen LogP contribution in [0.15, 0.2) is 85.5 Å². The Kier molecular flexibility index (Phi) is 4.67. The molecule has 5 aromatic heterocycles. The van der Waals surface area contributed by atoms with E-state index in [1.807, 2.05) is 61.0 Å². The van der Waals surface area contributed by atoms with Gasteiger partial charge in [0.1, 0.15) is 0 Å². The highest BCUT2D eigenvalue weighted by atomic mass is 14.8. The lowest BCUT2D eigenvalue weighted by molar-refractivity contribution is 1.26. The fourth-order valence-electron chi connectivity index (χ4n) is 4.72. The Morgan fingerprint density at radius 1 is 0.472 bits per heavy atom. The molecule has 7 rings (SSSR count). The minimum Gasteiger partial charge on any atom is -0.355 e. The quantitative estimate of drug-likeness (QED) is 0.295. The van der Waals surface area contributed by atoms with E-state index in [-0.39, 0.29) is 0 Å². The van der Waals surface area contributed by atoms with Crippen molar-refractivity contribution in [3.05, 3.63) is 108 Å². The molecule has 6 heteroatoms. The summed E-state index contributed by atoms with van der Waals surface area (Å²) in [7, 11) is 0. The number of aromatic amines is 2. The van der Waals surface area contributed by atoms with Gasteiger partial charge in [0.2, 0.25) is 0 Å². The molecule has 0 atom stereocenters. The Balaban J connectivity index is 1.58. The molecule has 2 aliphatic rings. The molecule has 0 fully saturated rings. The molecule has 2 aliphatic heterocycles. The highest BCUT2D eigenvalue weighted by Crippen LogP contribution is 2.32. The molecule has 0 spiro atoms. The van der Waals surface area contributed by atoms with Crippen LogP contribution < -0.4 is 0 Å². The van der Waals surface area contributed by atoms with Crippen molar-refractivity contribution in [3.63, 3.8) is 0 Å². The molecule has 6 nitrogen and oxygen atoms in total. The van der Waals surface area contributed by atoms with E-state index in [4.69, 9.17) is 9.97 Å². The van der Waals surface area contributed by atoms with Crippen LogP contribution in [0.3, 0.4) is 0 Å². The van der Waals surface area contributed by atoms with E-state index >= 15 is 0 Å². The molecule has 0 amide bonds. The third-order valence-corrected chi connectivity index (χ3v) is 6.34. The lowest BCUT2D eigenvalue weighted by atomic mass is 10.0. The standard InChI is InChI=1S/C30H20N6/c1-5-25-29(19-9-13-31-14-10-19)26-7-3-23(35-26)18-24-4-8-28(36-24)30(20-11-15-32-16-12-20)27-6-2-22(34-27)17-21(1)33-25/h1-18,33,35H. The molecular formula is C30H20N6. The summed E-state index contributed by atoms with van der Waals surface area (Å²) < 4.78 is 0. The summed E-state index contributed by atoms with van der Waals surface area (Å²) in [6.07, 6.45) is 15.4. The molecule has 36 heavy (non-hydrogen) atoms. The maximum atomic E-state index is 4.95. The van der Waals surface area contributed by atoms with Gasteiger partial charge in [-0.3, -0.25) is 9.97 Å². The maximum absolute atomic E-state index is 4.95. The van der Waals surface area contributed by atoms with Crippen LogP contribution >= 0.6 is 0 Å². The first-order valence-electron chi connectivity index (χ1n) is 11.7. The van der Waals surface area contributed by atoms with Crippen molar-refractivity contribution in [1.82, 2.24) is 29.9 Å². The summed E-state index contributed by atoms with van der Waals surface area (Å²) in [6.45, 7) is 0. The highest BCUT2D eigenvalue weighted by Gasteiger charge is 2.14. The fraction of sp³-hybridized carbons (Fsp3) is 0. The highest BCUT2D eigenvalue weighted by molar-refractivity contribution is 5.94. The molecule has 0 aliphatic carbocycles. The monoisotopic (exact) mass is 464 g/mol. The zero-order chi connectivity index (χ0) is 23.9. The molecule has 170 valence electrons. The van der Waals surface area contributed by atoms with Crippen molar-refractivity contribution in [2.24, 2.45) is 0 Å². The van der Waals surface area contributed by atoms with Crippen LogP contribution in [0.5, 0.6) is 0 Å². The van der Waals surface area contributed by atoms with Crippen molar-refractivity contribution in [1.29, 1.82) is 0 Å². The number of fused-ring (bicyclic) bond motifs is 8. The second-order valence-corrected chi connectivity index (χ2v) is 8.68. The average molecular weight is 465 g/mol. The largest absolute Gasteiger partial charge is 0.355 e. The van der Waals surface area contributed by atoms with E-state index in [1.54, 1.807) is 12.4 Å². The smallest absolute Gasteiger partial charge is 0.0737 e. The Labute approximate surface area is 206 Å². The van der Waals surface area contributed by atoms with Crippen LogP contribution in [0, 0.1) is 0 Å². The molecule has 5 aromatic rings. The first-order chi connectivity index (χ1) is 17.8. The van der Waals surface area contributed by atoms with Crippen molar-refractivity contribution in [2.45, 2.75) is 0 Å². The van der Waals surface area contributed by atoms with Gasteiger partial charge in [-0.15, -0.1) is 0 Å². The zero-order valence-electron chi connectivity index (χ0n) is 19.2. The van der Waals surface area contributed by atoms with Crippen LogP contribution in [0.2, 0.25) is 0 Å². The van der Waals surface area contributed by atoms with E-state index in [1.165, 1.54) is 0 Å². The summed E-state index contributed by atoms with van der Waals surface area (Å²) in [5, 5.41) is 0. The van der Waals surface area contributed by atoms with Gasteiger partial charge < -0.3 is 9.97 Å². The maximum Gasteiger partial charge on any atom is 0.0737 e. The number of nitrogens with zero attached hydrogens (tertiary/aromatic N) is 4. The lowest BCUT2D eigenvalue weighted by Gasteiger charge is -2.04. The molecule has 0 unspecified atom stereocenters. The lowest BCUT2D eigenvalue weighted by Crippen LogP contribution is -1.89. The van der Waals surface area contributed by atoms with E-state index in [2.05, 4.69) is 56.3 Å². The van der Waals surface area contributed by atoms with E-state index in [9.17, 15) is 0 Å². The molecule has 0 aromatic carbocycles. The van der Waals surface area contributed by atoms with Crippen LogP contribution in [0.25, 0.3) is 68.6 Å². The first-order valence-corrected chi connectivity index (χ1v) is 11.7. The van der Waals surface area contributed by atoms with Crippen molar-refractivity contribution in [2.75, 3.05) is 0 Å². The number of nitrogens with one attached hydrogen (secondary N) is 2. The Morgan fingerprint density at radius 3 is 1.44 bits per heavy atom. The molecule has 8 bridgehead atoms. The Hall–Kier alpha value is -5.10.